The smallest absolute Gasteiger partial charge is 0.0529 e. The van der Waals surface area contributed by atoms with E-state index in [-0.39, 0.29) is 0 Å². The fourth-order valence-electron chi connectivity index (χ4n) is 0.631. The van der Waals surface area contributed by atoms with Crippen molar-refractivity contribution >= 4 is 17.4 Å². The molecule has 2 N–H and O–H groups in total. The van der Waals surface area contributed by atoms with E-state index in [4.69, 9.17) is 5.73 Å². The summed E-state index contributed by atoms with van der Waals surface area (Å²) in [6, 6.07) is 1.80. The number of hydrogen-bond acceptors (Lipinski definition) is 3. The van der Waals surface area contributed by atoms with Crippen LogP contribution in [0.15, 0.2) is 34.8 Å². The molecule has 0 amide bonds. The number of thioether (sulfide) groups is 1. The quantitative estimate of drug-likeness (QED) is 0.685. The highest BCUT2D eigenvalue weighted by Gasteiger charge is 1.94. The summed E-state index contributed by atoms with van der Waals surface area (Å²) in [6.07, 6.45) is 5.42. The minimum atomic E-state index is 0.781. The van der Waals surface area contributed by atoms with Crippen molar-refractivity contribution in [3.05, 3.63) is 29.9 Å². The molecule has 0 unspecified atom stereocenters. The third kappa shape index (κ3) is 2.27. The normalized spacial score (nSPS) is 10.6. The van der Waals surface area contributed by atoms with Gasteiger partial charge in [0.05, 0.1) is 4.90 Å². The van der Waals surface area contributed by atoms with Crippen molar-refractivity contribution in [2.75, 3.05) is 5.73 Å². The van der Waals surface area contributed by atoms with E-state index in [0.717, 1.165) is 10.6 Å². The fraction of sp³-hybridized carbons (Fsp3) is 0.125. The molecular formula is C8H10N2S. The van der Waals surface area contributed by atoms with Crippen LogP contribution >= 0.6 is 11.8 Å². The van der Waals surface area contributed by atoms with Gasteiger partial charge in [-0.1, -0.05) is 17.8 Å². The van der Waals surface area contributed by atoms with Crippen LogP contribution in [0.2, 0.25) is 0 Å². The summed E-state index contributed by atoms with van der Waals surface area (Å²) in [4.78, 5) is 4.97. The van der Waals surface area contributed by atoms with Crippen molar-refractivity contribution in [1.82, 2.24) is 4.98 Å². The van der Waals surface area contributed by atoms with Gasteiger partial charge in [0.25, 0.3) is 0 Å². The molecule has 0 aliphatic carbocycles. The standard InChI is InChI=1S/C8H10N2S/c1-2-5-11-8-6-10-4-3-7(8)9/h2-6H,1H3,(H2,9,10)/b5-2-. The van der Waals surface area contributed by atoms with E-state index in [0.29, 0.717) is 0 Å². The van der Waals surface area contributed by atoms with Crippen molar-refractivity contribution in [2.45, 2.75) is 11.8 Å². The lowest BCUT2D eigenvalue weighted by Gasteiger charge is -1.98. The zero-order chi connectivity index (χ0) is 8.10. The van der Waals surface area contributed by atoms with Crippen LogP contribution in [0.3, 0.4) is 0 Å². The number of allylic oxidation sites excluding steroid dienone is 1. The molecule has 11 heavy (non-hydrogen) atoms. The van der Waals surface area contributed by atoms with Gasteiger partial charge in [-0.2, -0.15) is 0 Å². The first-order valence-electron chi connectivity index (χ1n) is 3.32. The largest absolute Gasteiger partial charge is 0.398 e. The first-order chi connectivity index (χ1) is 5.34. The molecule has 2 nitrogen and oxygen atoms in total. The number of nitrogens with two attached hydrogens (primary N) is 1. The van der Waals surface area contributed by atoms with Crippen molar-refractivity contribution in [2.24, 2.45) is 0 Å². The Bertz CT molecular complexity index is 258. The summed E-state index contributed by atoms with van der Waals surface area (Å²) in [5.74, 6) is 0. The van der Waals surface area contributed by atoms with Gasteiger partial charge in [-0.15, -0.1) is 0 Å². The minimum Gasteiger partial charge on any atom is -0.398 e. The van der Waals surface area contributed by atoms with Crippen molar-refractivity contribution in [3.63, 3.8) is 0 Å². The van der Waals surface area contributed by atoms with Crippen LogP contribution in [0.5, 0.6) is 0 Å². The average Bonchev–Trinajstić information content (AvgIpc) is 2.03. The number of pyridine rings is 1. The molecule has 0 saturated heterocycles. The molecule has 0 aliphatic rings. The summed E-state index contributed by atoms with van der Waals surface area (Å²) in [7, 11) is 0. The van der Waals surface area contributed by atoms with Crippen LogP contribution < -0.4 is 5.73 Å². The van der Waals surface area contributed by atoms with Gasteiger partial charge < -0.3 is 5.73 Å². The van der Waals surface area contributed by atoms with Gasteiger partial charge in [0.15, 0.2) is 0 Å². The van der Waals surface area contributed by atoms with Gasteiger partial charge in [-0.3, -0.25) is 4.98 Å². The van der Waals surface area contributed by atoms with E-state index in [1.807, 2.05) is 18.4 Å². The van der Waals surface area contributed by atoms with Gasteiger partial charge in [0, 0.05) is 18.1 Å². The van der Waals surface area contributed by atoms with Crippen molar-refractivity contribution in [3.8, 4) is 0 Å². The van der Waals surface area contributed by atoms with Crippen molar-refractivity contribution < 1.29 is 0 Å². The Morgan fingerprint density at radius 3 is 3.09 bits per heavy atom. The Morgan fingerprint density at radius 2 is 2.45 bits per heavy atom. The highest BCUT2D eigenvalue weighted by Crippen LogP contribution is 2.23. The second-order valence-electron chi connectivity index (χ2n) is 2.00. The maximum atomic E-state index is 5.67. The lowest BCUT2D eigenvalue weighted by Crippen LogP contribution is -1.87. The number of nitrogen functional groups attached to an aromatic ring is 1. The molecule has 3 heteroatoms. The lowest BCUT2D eigenvalue weighted by molar-refractivity contribution is 1.25. The number of hydrogen-bond donors (Lipinski definition) is 1. The molecule has 1 aromatic heterocycles. The summed E-state index contributed by atoms with van der Waals surface area (Å²) >= 11 is 1.58. The van der Waals surface area contributed by atoms with Gasteiger partial charge >= 0.3 is 0 Å². The van der Waals surface area contributed by atoms with Crippen molar-refractivity contribution in [1.29, 1.82) is 0 Å². The average molecular weight is 166 g/mol. The third-order valence-electron chi connectivity index (χ3n) is 1.15. The Hall–Kier alpha value is -0.960. The number of nitrogens with zero attached hydrogens (tertiary/aromatic N) is 1. The van der Waals surface area contributed by atoms with E-state index < -0.39 is 0 Å². The lowest BCUT2D eigenvalue weighted by atomic mass is 10.4. The second kappa shape index (κ2) is 4.03. The Morgan fingerprint density at radius 1 is 1.64 bits per heavy atom. The summed E-state index contributed by atoms with van der Waals surface area (Å²) in [6.45, 7) is 1.97. The SMILES string of the molecule is C/C=C\Sc1cnccc1N. The molecule has 0 fully saturated rings. The van der Waals surface area contributed by atoms with E-state index in [9.17, 15) is 0 Å². The van der Waals surface area contributed by atoms with Gasteiger partial charge in [-0.25, -0.2) is 0 Å². The zero-order valence-corrected chi connectivity index (χ0v) is 7.14. The second-order valence-corrected chi connectivity index (χ2v) is 2.95. The number of anilines is 1. The topological polar surface area (TPSA) is 38.9 Å². The molecule has 0 bridgehead atoms. The monoisotopic (exact) mass is 166 g/mol. The highest BCUT2D eigenvalue weighted by atomic mass is 32.2. The molecule has 1 heterocycles. The molecule has 0 spiro atoms. The van der Waals surface area contributed by atoms with Crippen LogP contribution in [-0.2, 0) is 0 Å². The Kier molecular flexibility index (Phi) is 2.98. The molecule has 1 rings (SSSR count). The summed E-state index contributed by atoms with van der Waals surface area (Å²) < 4.78 is 0. The fourth-order valence-corrected chi connectivity index (χ4v) is 1.24. The van der Waals surface area contributed by atoms with E-state index >= 15 is 0 Å². The maximum Gasteiger partial charge on any atom is 0.0529 e. The van der Waals surface area contributed by atoms with Crippen LogP contribution in [0.1, 0.15) is 6.92 Å². The minimum absolute atomic E-state index is 0.781. The first kappa shape index (κ1) is 8.14. The highest BCUT2D eigenvalue weighted by molar-refractivity contribution is 8.02. The Balaban J connectivity index is 2.77. The molecule has 1 aromatic rings. The van der Waals surface area contributed by atoms with E-state index in [1.54, 1.807) is 30.2 Å². The molecular weight excluding hydrogens is 156 g/mol. The van der Waals surface area contributed by atoms with Gasteiger partial charge in [-0.05, 0) is 18.4 Å². The summed E-state index contributed by atoms with van der Waals surface area (Å²) in [5.41, 5.74) is 6.45. The van der Waals surface area contributed by atoms with Crippen LogP contribution in [-0.4, -0.2) is 4.98 Å². The van der Waals surface area contributed by atoms with Gasteiger partial charge in [0.1, 0.15) is 0 Å². The molecule has 0 atom stereocenters. The molecule has 58 valence electrons. The van der Waals surface area contributed by atoms with Gasteiger partial charge in [0.2, 0.25) is 0 Å². The third-order valence-corrected chi connectivity index (χ3v) is 2.15. The number of rotatable bonds is 2. The van der Waals surface area contributed by atoms with E-state index in [1.165, 1.54) is 0 Å². The molecule has 0 radical (unpaired) electrons. The van der Waals surface area contributed by atoms with Crippen LogP contribution in [0, 0.1) is 0 Å². The predicted octanol–water partition coefficient (Wildman–Crippen LogP) is 2.29. The first-order valence-corrected chi connectivity index (χ1v) is 4.20. The molecule has 0 aliphatic heterocycles. The Labute approximate surface area is 70.5 Å². The van der Waals surface area contributed by atoms with Crippen LogP contribution in [0.25, 0.3) is 0 Å². The van der Waals surface area contributed by atoms with Crippen LogP contribution in [0.4, 0.5) is 5.69 Å². The maximum absolute atomic E-state index is 5.67. The summed E-state index contributed by atoms with van der Waals surface area (Å²) in [5, 5.41) is 1.98. The van der Waals surface area contributed by atoms with E-state index in [2.05, 4.69) is 4.98 Å². The zero-order valence-electron chi connectivity index (χ0n) is 6.32. The predicted molar refractivity (Wildman–Crippen MR) is 49.3 cm³/mol. The molecule has 0 aromatic carbocycles. The molecule has 0 saturated carbocycles. The number of aromatic nitrogens is 1.